The van der Waals surface area contributed by atoms with Crippen molar-refractivity contribution in [3.05, 3.63) is 77.6 Å². The van der Waals surface area contributed by atoms with Crippen molar-refractivity contribution >= 4 is 5.78 Å². The molecule has 26 heavy (non-hydrogen) atoms. The van der Waals surface area contributed by atoms with Crippen molar-refractivity contribution in [3.8, 4) is 11.5 Å². The fourth-order valence-electron chi connectivity index (χ4n) is 2.68. The second-order valence-electron chi connectivity index (χ2n) is 5.80. The van der Waals surface area contributed by atoms with E-state index in [2.05, 4.69) is 4.98 Å². The Bertz CT molecular complexity index is 921. The highest BCUT2D eigenvalue weighted by Crippen LogP contribution is 2.28. The second kappa shape index (κ2) is 7.82. The quantitative estimate of drug-likeness (QED) is 0.609. The van der Waals surface area contributed by atoms with Gasteiger partial charge in [-0.3, -0.25) is 4.79 Å². The molecule has 0 saturated carbocycles. The van der Waals surface area contributed by atoms with E-state index in [1.54, 1.807) is 60.6 Å². The van der Waals surface area contributed by atoms with Crippen LogP contribution in [0.15, 0.2) is 55.0 Å². The minimum atomic E-state index is -0.260. The van der Waals surface area contributed by atoms with Gasteiger partial charge in [0.1, 0.15) is 5.82 Å². The molecule has 6 heteroatoms. The lowest BCUT2D eigenvalue weighted by molar-refractivity contribution is 0.0991. The molecular weight excluding hydrogens is 335 g/mol. The van der Waals surface area contributed by atoms with Crippen molar-refractivity contribution in [1.82, 2.24) is 9.55 Å². The second-order valence-corrected chi connectivity index (χ2v) is 5.80. The average molecular weight is 354 g/mol. The number of nitrogens with zero attached hydrogens (tertiary/aromatic N) is 2. The summed E-state index contributed by atoms with van der Waals surface area (Å²) < 4.78 is 25.9. The molecule has 1 heterocycles. The van der Waals surface area contributed by atoms with E-state index in [0.717, 1.165) is 0 Å². The van der Waals surface area contributed by atoms with E-state index < -0.39 is 0 Å². The van der Waals surface area contributed by atoms with E-state index in [1.807, 2.05) is 0 Å². The molecule has 3 rings (SSSR count). The number of hydrogen-bond donors (Lipinski definition) is 0. The Morgan fingerprint density at radius 2 is 1.88 bits per heavy atom. The molecule has 0 saturated heterocycles. The highest BCUT2D eigenvalue weighted by atomic mass is 19.1. The summed E-state index contributed by atoms with van der Waals surface area (Å²) in [6.45, 7) is 0.365. The monoisotopic (exact) mass is 354 g/mol. The molecule has 0 unspecified atom stereocenters. The molecule has 134 valence electrons. The number of halogens is 1. The van der Waals surface area contributed by atoms with Crippen molar-refractivity contribution < 1.29 is 18.7 Å². The van der Waals surface area contributed by atoms with Crippen LogP contribution in [0.1, 0.15) is 21.6 Å². The highest BCUT2D eigenvalue weighted by Gasteiger charge is 2.13. The van der Waals surface area contributed by atoms with E-state index in [4.69, 9.17) is 9.47 Å². The number of imidazole rings is 1. The molecule has 0 N–H and O–H groups in total. The number of rotatable bonds is 7. The molecule has 0 aliphatic heterocycles. The van der Waals surface area contributed by atoms with Gasteiger partial charge in [0.2, 0.25) is 0 Å². The molecule has 0 spiro atoms. The lowest BCUT2D eigenvalue weighted by Gasteiger charge is -2.08. The summed E-state index contributed by atoms with van der Waals surface area (Å²) in [5.74, 6) is 0.730. The molecular formula is C20H19FN2O3. The van der Waals surface area contributed by atoms with Crippen LogP contribution in [-0.4, -0.2) is 29.6 Å². The van der Waals surface area contributed by atoms with E-state index in [1.165, 1.54) is 13.2 Å². The van der Waals surface area contributed by atoms with Gasteiger partial charge in [0, 0.05) is 17.3 Å². The molecule has 3 aromatic rings. The topological polar surface area (TPSA) is 53.4 Å². The Kier molecular flexibility index (Phi) is 5.31. The summed E-state index contributed by atoms with van der Waals surface area (Å²) in [5, 5.41) is 0. The minimum Gasteiger partial charge on any atom is -0.493 e. The first kappa shape index (κ1) is 17.7. The van der Waals surface area contributed by atoms with Crippen LogP contribution in [0.25, 0.3) is 0 Å². The van der Waals surface area contributed by atoms with Gasteiger partial charge >= 0.3 is 0 Å². The molecule has 0 bridgehead atoms. The van der Waals surface area contributed by atoms with Crippen LogP contribution in [0.3, 0.4) is 0 Å². The largest absolute Gasteiger partial charge is 0.493 e. The van der Waals surface area contributed by atoms with Gasteiger partial charge in [-0.2, -0.15) is 0 Å². The standard InChI is InChI=1S/C20H19FN2O3/c1-25-19-8-7-14(9-20(19)26-2)18(24)10-16-12-23(13-22-16)11-15-5-3-4-6-17(15)21/h3-9,12-13H,10-11H2,1-2H3. The number of Topliss-reactive ketones (excluding diaryl/α,β-unsaturated/α-hetero) is 1. The highest BCUT2D eigenvalue weighted by molar-refractivity contribution is 5.97. The van der Waals surface area contributed by atoms with Crippen LogP contribution in [0.2, 0.25) is 0 Å². The number of ketones is 1. The minimum absolute atomic E-state index is 0.0814. The molecule has 1 aromatic heterocycles. The smallest absolute Gasteiger partial charge is 0.169 e. The van der Waals surface area contributed by atoms with E-state index in [0.29, 0.717) is 34.9 Å². The zero-order valence-electron chi connectivity index (χ0n) is 14.6. The first-order chi connectivity index (χ1) is 12.6. The summed E-state index contributed by atoms with van der Waals surface area (Å²) in [5.41, 5.74) is 1.72. The summed E-state index contributed by atoms with van der Waals surface area (Å²) >= 11 is 0. The maximum atomic E-state index is 13.7. The Hall–Kier alpha value is -3.15. The molecule has 0 atom stereocenters. The SMILES string of the molecule is COc1ccc(C(=O)Cc2cn(Cc3ccccc3F)cn2)cc1OC. The Morgan fingerprint density at radius 1 is 1.12 bits per heavy atom. The maximum Gasteiger partial charge on any atom is 0.169 e. The van der Waals surface area contributed by atoms with Crippen molar-refractivity contribution in [2.24, 2.45) is 0 Å². The summed E-state index contributed by atoms with van der Waals surface area (Å²) in [6.07, 6.45) is 3.51. The number of methoxy groups -OCH3 is 2. The molecule has 0 aliphatic rings. The Morgan fingerprint density at radius 3 is 2.62 bits per heavy atom. The summed E-state index contributed by atoms with van der Waals surface area (Å²) in [7, 11) is 3.07. The lowest BCUT2D eigenvalue weighted by atomic mass is 10.1. The van der Waals surface area contributed by atoms with Gasteiger partial charge in [0.15, 0.2) is 17.3 Å². The predicted molar refractivity (Wildman–Crippen MR) is 95.3 cm³/mol. The predicted octanol–water partition coefficient (Wildman–Crippen LogP) is 3.51. The number of ether oxygens (including phenoxy) is 2. The molecule has 5 nitrogen and oxygen atoms in total. The Labute approximate surface area is 151 Å². The lowest BCUT2D eigenvalue weighted by Crippen LogP contribution is -2.05. The fraction of sp³-hybridized carbons (Fsp3) is 0.200. The molecule has 0 amide bonds. The van der Waals surface area contributed by atoms with Gasteiger partial charge in [0.05, 0.1) is 39.2 Å². The van der Waals surface area contributed by atoms with E-state index in [-0.39, 0.29) is 18.0 Å². The van der Waals surface area contributed by atoms with Crippen LogP contribution in [0.4, 0.5) is 4.39 Å². The summed E-state index contributed by atoms with van der Waals surface area (Å²) in [6, 6.07) is 11.6. The third-order valence-electron chi connectivity index (χ3n) is 4.04. The van der Waals surface area contributed by atoms with Gasteiger partial charge in [-0.15, -0.1) is 0 Å². The third-order valence-corrected chi connectivity index (χ3v) is 4.04. The van der Waals surface area contributed by atoms with Gasteiger partial charge in [-0.25, -0.2) is 9.37 Å². The number of carbonyl (C=O) groups excluding carboxylic acids is 1. The normalized spacial score (nSPS) is 10.6. The van der Waals surface area contributed by atoms with Crippen molar-refractivity contribution in [3.63, 3.8) is 0 Å². The number of benzene rings is 2. The Balaban J connectivity index is 1.71. The first-order valence-corrected chi connectivity index (χ1v) is 8.10. The molecule has 0 aliphatic carbocycles. The van der Waals surface area contributed by atoms with Crippen LogP contribution >= 0.6 is 0 Å². The van der Waals surface area contributed by atoms with Crippen molar-refractivity contribution in [2.75, 3.05) is 14.2 Å². The van der Waals surface area contributed by atoms with E-state index in [9.17, 15) is 9.18 Å². The van der Waals surface area contributed by atoms with E-state index >= 15 is 0 Å². The van der Waals surface area contributed by atoms with Crippen LogP contribution in [0, 0.1) is 5.82 Å². The molecule has 0 fully saturated rings. The van der Waals surface area contributed by atoms with Gasteiger partial charge < -0.3 is 14.0 Å². The zero-order valence-corrected chi connectivity index (χ0v) is 14.6. The number of aromatic nitrogens is 2. The van der Waals surface area contributed by atoms with Crippen LogP contribution in [0.5, 0.6) is 11.5 Å². The van der Waals surface area contributed by atoms with Crippen molar-refractivity contribution in [2.45, 2.75) is 13.0 Å². The zero-order chi connectivity index (χ0) is 18.5. The van der Waals surface area contributed by atoms with Crippen LogP contribution < -0.4 is 9.47 Å². The van der Waals surface area contributed by atoms with Gasteiger partial charge in [0.25, 0.3) is 0 Å². The number of carbonyl (C=O) groups is 1. The third kappa shape index (κ3) is 3.91. The van der Waals surface area contributed by atoms with Crippen molar-refractivity contribution in [1.29, 1.82) is 0 Å². The molecule has 2 aromatic carbocycles. The molecule has 0 radical (unpaired) electrons. The first-order valence-electron chi connectivity index (χ1n) is 8.10. The average Bonchev–Trinajstić information content (AvgIpc) is 3.09. The maximum absolute atomic E-state index is 13.7. The van der Waals surface area contributed by atoms with Gasteiger partial charge in [-0.1, -0.05) is 18.2 Å². The number of hydrogen-bond acceptors (Lipinski definition) is 4. The van der Waals surface area contributed by atoms with Gasteiger partial charge in [-0.05, 0) is 24.3 Å². The van der Waals surface area contributed by atoms with Crippen LogP contribution in [-0.2, 0) is 13.0 Å². The fourth-order valence-corrected chi connectivity index (χ4v) is 2.68. The summed E-state index contributed by atoms with van der Waals surface area (Å²) in [4.78, 5) is 16.7.